The van der Waals surface area contributed by atoms with Gasteiger partial charge < -0.3 is 0 Å². The minimum atomic E-state index is -0.0328. The Morgan fingerprint density at radius 3 is 2.75 bits per heavy atom. The van der Waals surface area contributed by atoms with Gasteiger partial charge in [0.2, 0.25) is 0 Å². The summed E-state index contributed by atoms with van der Waals surface area (Å²) >= 11 is 0. The molecule has 2 aliphatic heterocycles. The van der Waals surface area contributed by atoms with Crippen molar-refractivity contribution in [2.24, 2.45) is 11.8 Å². The molecule has 0 aromatic heterocycles. The van der Waals surface area contributed by atoms with Crippen LogP contribution in [0.15, 0.2) is 0 Å². The molecular weight excluding hydrogens is 148 g/mol. The molecule has 1 aliphatic carbocycles. The molecule has 0 aromatic rings. The highest BCUT2D eigenvalue weighted by Crippen LogP contribution is 2.50. The summed E-state index contributed by atoms with van der Waals surface area (Å²) in [5.41, 5.74) is -0.0328. The van der Waals surface area contributed by atoms with E-state index in [2.05, 4.69) is 24.8 Å². The van der Waals surface area contributed by atoms with Crippen molar-refractivity contribution in [2.45, 2.75) is 32.2 Å². The van der Waals surface area contributed by atoms with Crippen molar-refractivity contribution in [3.8, 4) is 6.07 Å². The molecule has 66 valence electrons. The number of hydrogen-bond acceptors (Lipinski definition) is 2. The van der Waals surface area contributed by atoms with E-state index in [0.29, 0.717) is 5.92 Å². The summed E-state index contributed by atoms with van der Waals surface area (Å²) in [6.07, 6.45) is 2.27. The van der Waals surface area contributed by atoms with E-state index in [4.69, 9.17) is 5.26 Å². The predicted octanol–water partition coefficient (Wildman–Crippen LogP) is 1.63. The molecule has 2 nitrogen and oxygen atoms in total. The van der Waals surface area contributed by atoms with Crippen LogP contribution in [0, 0.1) is 23.2 Å². The molecule has 0 spiro atoms. The van der Waals surface area contributed by atoms with Crippen molar-refractivity contribution in [1.29, 1.82) is 5.26 Å². The molecule has 12 heavy (non-hydrogen) atoms. The Kier molecular flexibility index (Phi) is 1.66. The molecule has 3 fully saturated rings. The first kappa shape index (κ1) is 8.07. The maximum Gasteiger partial charge on any atom is 0.109 e. The van der Waals surface area contributed by atoms with Gasteiger partial charge in [0.25, 0.3) is 0 Å². The molecule has 0 atom stereocenters. The summed E-state index contributed by atoms with van der Waals surface area (Å²) < 4.78 is 0. The molecule has 0 N–H and O–H groups in total. The summed E-state index contributed by atoms with van der Waals surface area (Å²) in [5.74, 6) is 1.53. The van der Waals surface area contributed by atoms with Crippen LogP contribution >= 0.6 is 0 Å². The Hall–Kier alpha value is -0.550. The van der Waals surface area contributed by atoms with Crippen molar-refractivity contribution in [1.82, 2.24) is 4.90 Å². The number of nitriles is 1. The topological polar surface area (TPSA) is 27.0 Å². The largest absolute Gasteiger partial charge is 0.285 e. The molecule has 2 saturated heterocycles. The summed E-state index contributed by atoms with van der Waals surface area (Å²) in [7, 11) is 0. The van der Waals surface area contributed by atoms with Gasteiger partial charge in [-0.2, -0.15) is 5.26 Å². The monoisotopic (exact) mass is 164 g/mol. The maximum absolute atomic E-state index is 9.05. The molecule has 3 rings (SSSR count). The Bertz CT molecular complexity index is 220. The van der Waals surface area contributed by atoms with Crippen molar-refractivity contribution in [2.75, 3.05) is 13.1 Å². The molecule has 3 aliphatic rings. The van der Waals surface area contributed by atoms with Crippen molar-refractivity contribution in [3.05, 3.63) is 0 Å². The third-order valence-electron chi connectivity index (χ3n) is 3.13. The predicted molar refractivity (Wildman–Crippen MR) is 47.5 cm³/mol. The van der Waals surface area contributed by atoms with Crippen molar-refractivity contribution >= 4 is 0 Å². The Labute approximate surface area is 74.2 Å². The lowest BCUT2D eigenvalue weighted by atomic mass is 9.74. The first-order valence-corrected chi connectivity index (χ1v) is 4.82. The van der Waals surface area contributed by atoms with Crippen LogP contribution in [-0.4, -0.2) is 23.5 Å². The fraction of sp³-hybridized carbons (Fsp3) is 0.900. The Balaban J connectivity index is 2.04. The molecule has 1 saturated carbocycles. The van der Waals surface area contributed by atoms with Crippen LogP contribution in [0.4, 0.5) is 0 Å². The van der Waals surface area contributed by atoms with Crippen molar-refractivity contribution in [3.63, 3.8) is 0 Å². The zero-order valence-electron chi connectivity index (χ0n) is 7.88. The summed E-state index contributed by atoms with van der Waals surface area (Å²) in [6.45, 7) is 6.72. The summed E-state index contributed by atoms with van der Waals surface area (Å²) in [5, 5.41) is 9.05. The lowest BCUT2D eigenvalue weighted by Gasteiger charge is -2.36. The highest BCUT2D eigenvalue weighted by Gasteiger charge is 2.56. The zero-order chi connectivity index (χ0) is 8.77. The fourth-order valence-electron chi connectivity index (χ4n) is 2.62. The van der Waals surface area contributed by atoms with E-state index >= 15 is 0 Å². The number of rotatable bonds is 2. The second-order valence-electron chi connectivity index (χ2n) is 4.72. The van der Waals surface area contributed by atoms with E-state index in [9.17, 15) is 0 Å². The van der Waals surface area contributed by atoms with E-state index in [-0.39, 0.29) is 5.54 Å². The van der Waals surface area contributed by atoms with Crippen molar-refractivity contribution < 1.29 is 0 Å². The van der Waals surface area contributed by atoms with Gasteiger partial charge in [-0.15, -0.1) is 0 Å². The molecule has 0 aromatic carbocycles. The average Bonchev–Trinajstić information content (AvgIpc) is 2.38. The summed E-state index contributed by atoms with van der Waals surface area (Å²) in [6, 6.07) is 2.49. The highest BCUT2D eigenvalue weighted by molar-refractivity contribution is 5.22. The minimum absolute atomic E-state index is 0.0328. The third kappa shape index (κ3) is 0.964. The molecule has 0 radical (unpaired) electrons. The van der Waals surface area contributed by atoms with Crippen LogP contribution in [0.25, 0.3) is 0 Å². The smallest absolute Gasteiger partial charge is 0.109 e. The normalized spacial score (nSPS) is 39.7. The lowest BCUT2D eigenvalue weighted by Crippen LogP contribution is -2.45. The van der Waals surface area contributed by atoms with Gasteiger partial charge in [0, 0.05) is 13.1 Å². The standard InChI is InChI=1S/C10H16N2/c1-8(2)5-12-6-9-3-10(12,4-9)7-11/h8-9H,3-6H2,1-2H3. The van der Waals surface area contributed by atoms with Gasteiger partial charge in [-0.3, -0.25) is 4.90 Å². The van der Waals surface area contributed by atoms with Crippen LogP contribution in [0.3, 0.4) is 0 Å². The van der Waals surface area contributed by atoms with Gasteiger partial charge in [0.1, 0.15) is 5.54 Å². The zero-order valence-corrected chi connectivity index (χ0v) is 7.88. The Morgan fingerprint density at radius 1 is 1.58 bits per heavy atom. The van der Waals surface area contributed by atoms with Gasteiger partial charge in [-0.25, -0.2) is 0 Å². The number of hydrogen-bond donors (Lipinski definition) is 0. The molecule has 2 heterocycles. The molecule has 2 bridgehead atoms. The first-order chi connectivity index (χ1) is 5.66. The highest BCUT2D eigenvalue weighted by atomic mass is 15.3. The average molecular weight is 164 g/mol. The van der Waals surface area contributed by atoms with Gasteiger partial charge in [-0.05, 0) is 24.7 Å². The molecule has 0 unspecified atom stereocenters. The fourth-order valence-corrected chi connectivity index (χ4v) is 2.62. The molecular formula is C10H16N2. The van der Waals surface area contributed by atoms with Gasteiger partial charge >= 0.3 is 0 Å². The molecule has 0 amide bonds. The van der Waals surface area contributed by atoms with Crippen LogP contribution < -0.4 is 0 Å². The number of fused-ring (bicyclic) bond motifs is 1. The quantitative estimate of drug-likeness (QED) is 0.620. The maximum atomic E-state index is 9.05. The van der Waals surface area contributed by atoms with Crippen LogP contribution in [0.5, 0.6) is 0 Å². The van der Waals surface area contributed by atoms with E-state index < -0.39 is 0 Å². The lowest BCUT2D eigenvalue weighted by molar-refractivity contribution is 0.156. The van der Waals surface area contributed by atoms with Crippen LogP contribution in [0.2, 0.25) is 0 Å². The second-order valence-corrected chi connectivity index (χ2v) is 4.72. The Morgan fingerprint density at radius 2 is 2.25 bits per heavy atom. The van der Waals surface area contributed by atoms with E-state index in [1.807, 2.05) is 0 Å². The SMILES string of the molecule is CC(C)CN1CC2CC1(C#N)C2. The van der Waals surface area contributed by atoms with Gasteiger partial charge in [-0.1, -0.05) is 13.8 Å². The third-order valence-corrected chi connectivity index (χ3v) is 3.13. The van der Waals surface area contributed by atoms with E-state index in [1.165, 1.54) is 6.54 Å². The minimum Gasteiger partial charge on any atom is -0.285 e. The second kappa shape index (κ2) is 2.47. The molecule has 2 heteroatoms. The van der Waals surface area contributed by atoms with E-state index in [0.717, 1.165) is 25.3 Å². The number of nitrogens with zero attached hydrogens (tertiary/aromatic N) is 2. The first-order valence-electron chi connectivity index (χ1n) is 4.82. The van der Waals surface area contributed by atoms with Crippen LogP contribution in [0.1, 0.15) is 26.7 Å². The van der Waals surface area contributed by atoms with Gasteiger partial charge in [0.15, 0.2) is 0 Å². The summed E-state index contributed by atoms with van der Waals surface area (Å²) in [4.78, 5) is 2.39. The van der Waals surface area contributed by atoms with Crippen LogP contribution in [-0.2, 0) is 0 Å². The van der Waals surface area contributed by atoms with E-state index in [1.54, 1.807) is 0 Å². The van der Waals surface area contributed by atoms with Gasteiger partial charge in [0.05, 0.1) is 6.07 Å².